The van der Waals surface area contributed by atoms with Crippen molar-refractivity contribution >= 4 is 6.03 Å². The fourth-order valence-electron chi connectivity index (χ4n) is 1.85. The van der Waals surface area contributed by atoms with E-state index in [-0.39, 0.29) is 18.1 Å². The Kier molecular flexibility index (Phi) is 2.39. The Labute approximate surface area is 83.5 Å². The molecule has 2 rings (SSSR count). The maximum Gasteiger partial charge on any atom is 0.315 e. The summed E-state index contributed by atoms with van der Waals surface area (Å²) in [5.74, 6) is 0. The van der Waals surface area contributed by atoms with Gasteiger partial charge in [-0.3, -0.25) is 0 Å². The first-order valence-electron chi connectivity index (χ1n) is 4.93. The second kappa shape index (κ2) is 3.70. The van der Waals surface area contributed by atoms with Crippen molar-refractivity contribution in [1.82, 2.24) is 10.6 Å². The van der Waals surface area contributed by atoms with E-state index in [9.17, 15) is 4.79 Å². The highest BCUT2D eigenvalue weighted by molar-refractivity contribution is 5.77. The molecular formula is C11H14N2O. The third-order valence-corrected chi connectivity index (χ3v) is 2.60. The minimum Gasteiger partial charge on any atom is -0.333 e. The summed E-state index contributed by atoms with van der Waals surface area (Å²) in [6.07, 6.45) is 0.943. The van der Waals surface area contributed by atoms with E-state index in [1.807, 2.05) is 30.3 Å². The van der Waals surface area contributed by atoms with Crippen molar-refractivity contribution in [2.24, 2.45) is 0 Å². The first-order valence-corrected chi connectivity index (χ1v) is 4.93. The van der Waals surface area contributed by atoms with Crippen LogP contribution in [0.3, 0.4) is 0 Å². The smallest absolute Gasteiger partial charge is 0.315 e. The van der Waals surface area contributed by atoms with Gasteiger partial charge in [-0.25, -0.2) is 4.79 Å². The van der Waals surface area contributed by atoms with Gasteiger partial charge in [0.1, 0.15) is 0 Å². The lowest BCUT2D eigenvalue weighted by Crippen LogP contribution is -2.26. The van der Waals surface area contributed by atoms with Gasteiger partial charge in [0.25, 0.3) is 0 Å². The Bertz CT molecular complexity index is 323. The van der Waals surface area contributed by atoms with Crippen LogP contribution < -0.4 is 10.6 Å². The van der Waals surface area contributed by atoms with Crippen LogP contribution in [-0.2, 0) is 0 Å². The summed E-state index contributed by atoms with van der Waals surface area (Å²) in [6, 6.07) is 10.3. The molecule has 2 amide bonds. The van der Waals surface area contributed by atoms with E-state index in [1.54, 1.807) is 0 Å². The Morgan fingerprint density at radius 1 is 1.21 bits per heavy atom. The van der Waals surface area contributed by atoms with Crippen LogP contribution in [-0.4, -0.2) is 12.1 Å². The van der Waals surface area contributed by atoms with Crippen LogP contribution in [0.2, 0.25) is 0 Å². The lowest BCUT2D eigenvalue weighted by atomic mass is 9.99. The van der Waals surface area contributed by atoms with Gasteiger partial charge in [-0.2, -0.15) is 0 Å². The average Bonchev–Trinajstić information content (AvgIpc) is 2.61. The molecule has 0 radical (unpaired) electrons. The molecule has 0 unspecified atom stereocenters. The van der Waals surface area contributed by atoms with Crippen LogP contribution >= 0.6 is 0 Å². The van der Waals surface area contributed by atoms with Crippen molar-refractivity contribution in [3.05, 3.63) is 35.9 Å². The highest BCUT2D eigenvalue weighted by Gasteiger charge is 2.30. The highest BCUT2D eigenvalue weighted by Crippen LogP contribution is 2.22. The number of nitrogens with one attached hydrogen (secondary N) is 2. The van der Waals surface area contributed by atoms with Gasteiger partial charge in [0.2, 0.25) is 0 Å². The van der Waals surface area contributed by atoms with Gasteiger partial charge in [-0.1, -0.05) is 37.3 Å². The summed E-state index contributed by atoms with van der Waals surface area (Å²) in [6.45, 7) is 2.08. The van der Waals surface area contributed by atoms with Crippen LogP contribution in [0.4, 0.5) is 4.79 Å². The van der Waals surface area contributed by atoms with Gasteiger partial charge in [0, 0.05) is 0 Å². The monoisotopic (exact) mass is 190 g/mol. The topological polar surface area (TPSA) is 41.1 Å². The third-order valence-electron chi connectivity index (χ3n) is 2.60. The molecular weight excluding hydrogens is 176 g/mol. The molecule has 74 valence electrons. The standard InChI is InChI=1S/C11H14N2O/c1-2-9-10(13-11(14)12-9)8-6-4-3-5-7-8/h3-7,9-10H,2H2,1H3,(H2,12,13,14)/t9-,10+/m1/s1. The third kappa shape index (κ3) is 1.58. The van der Waals surface area contributed by atoms with Crippen LogP contribution in [0.15, 0.2) is 30.3 Å². The number of hydrogen-bond acceptors (Lipinski definition) is 1. The van der Waals surface area contributed by atoms with E-state index in [4.69, 9.17) is 0 Å². The molecule has 14 heavy (non-hydrogen) atoms. The average molecular weight is 190 g/mol. The van der Waals surface area contributed by atoms with E-state index in [2.05, 4.69) is 17.6 Å². The van der Waals surface area contributed by atoms with Crippen molar-refractivity contribution in [1.29, 1.82) is 0 Å². The van der Waals surface area contributed by atoms with Gasteiger partial charge in [-0.05, 0) is 12.0 Å². The molecule has 1 heterocycles. The van der Waals surface area contributed by atoms with Crippen molar-refractivity contribution in [3.63, 3.8) is 0 Å². The lowest BCUT2D eigenvalue weighted by Gasteiger charge is -2.16. The Balaban J connectivity index is 2.22. The molecule has 2 N–H and O–H groups in total. The summed E-state index contributed by atoms with van der Waals surface area (Å²) in [7, 11) is 0. The predicted molar refractivity (Wildman–Crippen MR) is 54.9 cm³/mol. The predicted octanol–water partition coefficient (Wildman–Crippen LogP) is 1.82. The van der Waals surface area contributed by atoms with E-state index in [0.29, 0.717) is 0 Å². The molecule has 1 saturated heterocycles. The fourth-order valence-corrected chi connectivity index (χ4v) is 1.85. The minimum atomic E-state index is -0.0642. The number of carbonyl (C=O) groups excluding carboxylic acids is 1. The first kappa shape index (κ1) is 9.06. The molecule has 3 heteroatoms. The van der Waals surface area contributed by atoms with Gasteiger partial charge in [0.15, 0.2) is 0 Å². The first-order chi connectivity index (χ1) is 6.81. The van der Waals surface area contributed by atoms with Crippen LogP contribution in [0.5, 0.6) is 0 Å². The summed E-state index contributed by atoms with van der Waals surface area (Å²) in [5, 5.41) is 5.82. The van der Waals surface area contributed by atoms with Gasteiger partial charge in [0.05, 0.1) is 12.1 Å². The largest absolute Gasteiger partial charge is 0.333 e. The van der Waals surface area contributed by atoms with Gasteiger partial charge in [-0.15, -0.1) is 0 Å². The molecule has 0 saturated carbocycles. The molecule has 2 atom stereocenters. The van der Waals surface area contributed by atoms with Crippen molar-refractivity contribution in [3.8, 4) is 0 Å². The van der Waals surface area contributed by atoms with Crippen molar-refractivity contribution in [2.45, 2.75) is 25.4 Å². The second-order valence-corrected chi connectivity index (χ2v) is 3.52. The Morgan fingerprint density at radius 2 is 1.93 bits per heavy atom. The van der Waals surface area contributed by atoms with E-state index >= 15 is 0 Å². The molecule has 1 aromatic rings. The van der Waals surface area contributed by atoms with Gasteiger partial charge < -0.3 is 10.6 Å². The van der Waals surface area contributed by atoms with Gasteiger partial charge >= 0.3 is 6.03 Å². The fraction of sp³-hybridized carbons (Fsp3) is 0.364. The maximum absolute atomic E-state index is 11.2. The maximum atomic E-state index is 11.2. The Hall–Kier alpha value is -1.51. The molecule has 0 bridgehead atoms. The number of amides is 2. The number of benzene rings is 1. The zero-order valence-corrected chi connectivity index (χ0v) is 8.16. The second-order valence-electron chi connectivity index (χ2n) is 3.52. The van der Waals surface area contributed by atoms with Crippen LogP contribution in [0.25, 0.3) is 0 Å². The summed E-state index contributed by atoms with van der Waals surface area (Å²) < 4.78 is 0. The van der Waals surface area contributed by atoms with Crippen molar-refractivity contribution in [2.75, 3.05) is 0 Å². The number of carbonyl (C=O) groups is 1. The normalized spacial score (nSPS) is 25.6. The lowest BCUT2D eigenvalue weighted by molar-refractivity contribution is 0.247. The van der Waals surface area contributed by atoms with Crippen LogP contribution in [0.1, 0.15) is 24.9 Å². The van der Waals surface area contributed by atoms with E-state index in [0.717, 1.165) is 12.0 Å². The minimum absolute atomic E-state index is 0.0642. The molecule has 0 aromatic heterocycles. The summed E-state index contributed by atoms with van der Waals surface area (Å²) in [5.41, 5.74) is 1.16. The number of urea groups is 1. The molecule has 1 aliphatic heterocycles. The Morgan fingerprint density at radius 3 is 2.57 bits per heavy atom. The van der Waals surface area contributed by atoms with E-state index in [1.165, 1.54) is 0 Å². The zero-order valence-electron chi connectivity index (χ0n) is 8.16. The number of rotatable bonds is 2. The zero-order chi connectivity index (χ0) is 9.97. The SMILES string of the molecule is CC[C@H]1NC(=O)N[C@H]1c1ccccc1. The van der Waals surface area contributed by atoms with Crippen molar-refractivity contribution < 1.29 is 4.79 Å². The molecule has 1 fully saturated rings. The molecule has 3 nitrogen and oxygen atoms in total. The van der Waals surface area contributed by atoms with E-state index < -0.39 is 0 Å². The quantitative estimate of drug-likeness (QED) is 0.733. The molecule has 0 aliphatic carbocycles. The molecule has 1 aromatic carbocycles. The molecule has 1 aliphatic rings. The summed E-state index contributed by atoms with van der Waals surface area (Å²) in [4.78, 5) is 11.2. The highest BCUT2D eigenvalue weighted by atomic mass is 16.2. The van der Waals surface area contributed by atoms with Crippen LogP contribution in [0, 0.1) is 0 Å². The summed E-state index contributed by atoms with van der Waals surface area (Å²) >= 11 is 0. The molecule has 0 spiro atoms. The number of hydrogen-bond donors (Lipinski definition) is 2.